The number of nitrogens with two attached hydrogens (primary N) is 1. The summed E-state index contributed by atoms with van der Waals surface area (Å²) in [6.45, 7) is 0.987. The van der Waals surface area contributed by atoms with Crippen molar-refractivity contribution in [3.05, 3.63) is 54.0 Å². The molecule has 4 aromatic rings. The summed E-state index contributed by atoms with van der Waals surface area (Å²) in [5, 5.41) is 5.48. The molecular weight excluding hydrogens is 376 g/mol. The molecule has 1 fully saturated rings. The van der Waals surface area contributed by atoms with Gasteiger partial charge in [0.05, 0.1) is 17.0 Å². The topological polar surface area (TPSA) is 90.9 Å². The van der Waals surface area contributed by atoms with Crippen molar-refractivity contribution in [2.24, 2.45) is 0 Å². The molecule has 2 aliphatic rings. The van der Waals surface area contributed by atoms with E-state index in [9.17, 15) is 0 Å². The first-order valence-corrected chi connectivity index (χ1v) is 10.6. The first-order chi connectivity index (χ1) is 14.7. The highest BCUT2D eigenvalue weighted by Crippen LogP contribution is 2.34. The summed E-state index contributed by atoms with van der Waals surface area (Å²) in [6, 6.07) is 10.9. The van der Waals surface area contributed by atoms with Crippen molar-refractivity contribution >= 4 is 33.6 Å². The molecule has 0 spiro atoms. The Morgan fingerprint density at radius 1 is 1.17 bits per heavy atom. The van der Waals surface area contributed by atoms with E-state index in [0.29, 0.717) is 5.82 Å². The largest absolute Gasteiger partial charge is 0.383 e. The fourth-order valence-corrected chi connectivity index (χ4v) is 4.73. The van der Waals surface area contributed by atoms with E-state index in [1.165, 1.54) is 22.8 Å². The quantitative estimate of drug-likeness (QED) is 0.541. The molecule has 152 valence electrons. The Labute approximate surface area is 174 Å². The maximum atomic E-state index is 6.36. The fourth-order valence-electron chi connectivity index (χ4n) is 4.73. The van der Waals surface area contributed by atoms with Gasteiger partial charge in [0, 0.05) is 18.1 Å². The van der Waals surface area contributed by atoms with Gasteiger partial charge in [-0.25, -0.2) is 15.0 Å². The molecule has 2 unspecified atom stereocenters. The number of hydrogen-bond donors (Lipinski definition) is 2. The molecular formula is C23H24N6O. The molecule has 2 atom stereocenters. The van der Waals surface area contributed by atoms with Crippen LogP contribution in [0.1, 0.15) is 36.6 Å². The van der Waals surface area contributed by atoms with Gasteiger partial charge in [0.1, 0.15) is 29.8 Å². The molecule has 7 heteroatoms. The summed E-state index contributed by atoms with van der Waals surface area (Å²) < 4.78 is 8.44. The number of ether oxygens (including phenoxy) is 1. The third-order valence-corrected chi connectivity index (χ3v) is 6.34. The van der Waals surface area contributed by atoms with Crippen LogP contribution in [-0.4, -0.2) is 32.2 Å². The van der Waals surface area contributed by atoms with Gasteiger partial charge in [-0.2, -0.15) is 0 Å². The summed E-state index contributed by atoms with van der Waals surface area (Å²) in [5.41, 5.74) is 10.5. The highest BCUT2D eigenvalue weighted by molar-refractivity contribution is 5.86. The minimum absolute atomic E-state index is 0.00809. The Hall–Kier alpha value is -3.19. The average Bonchev–Trinajstić information content (AvgIpc) is 3.49. The van der Waals surface area contributed by atoms with Crippen LogP contribution >= 0.6 is 0 Å². The monoisotopic (exact) mass is 400 g/mol. The van der Waals surface area contributed by atoms with Crippen molar-refractivity contribution in [3.63, 3.8) is 0 Å². The molecule has 5 heterocycles. The number of pyridine rings is 1. The van der Waals surface area contributed by atoms with Gasteiger partial charge in [-0.1, -0.05) is 12.1 Å². The SMILES string of the molecule is Nc1ncnc2c1ccn2C1CCC(CCc2ccc3cc4c(nc3c2)NCC4)O1. The molecule has 0 saturated carbocycles. The predicted molar refractivity (Wildman–Crippen MR) is 117 cm³/mol. The van der Waals surface area contributed by atoms with E-state index in [-0.39, 0.29) is 12.3 Å². The van der Waals surface area contributed by atoms with Crippen LogP contribution in [0.5, 0.6) is 0 Å². The lowest BCUT2D eigenvalue weighted by Crippen LogP contribution is -2.12. The number of nitrogen functional groups attached to an aromatic ring is 1. The van der Waals surface area contributed by atoms with Crippen molar-refractivity contribution in [3.8, 4) is 0 Å². The normalized spacial score (nSPS) is 20.7. The van der Waals surface area contributed by atoms with Crippen molar-refractivity contribution < 1.29 is 4.74 Å². The Bertz CT molecular complexity index is 1250. The van der Waals surface area contributed by atoms with E-state index >= 15 is 0 Å². The number of aromatic nitrogens is 4. The minimum atomic E-state index is 0.00809. The number of rotatable bonds is 4. The smallest absolute Gasteiger partial charge is 0.147 e. The summed E-state index contributed by atoms with van der Waals surface area (Å²) in [6.07, 6.45) is 8.86. The number of aryl methyl sites for hydroxylation is 1. The Balaban J connectivity index is 1.15. The van der Waals surface area contributed by atoms with E-state index in [1.807, 2.05) is 12.3 Å². The molecule has 1 saturated heterocycles. The van der Waals surface area contributed by atoms with Crippen molar-refractivity contribution in [2.75, 3.05) is 17.6 Å². The van der Waals surface area contributed by atoms with Crippen LogP contribution in [0.3, 0.4) is 0 Å². The maximum Gasteiger partial charge on any atom is 0.147 e. The summed E-state index contributed by atoms with van der Waals surface area (Å²) in [4.78, 5) is 13.3. The first-order valence-electron chi connectivity index (χ1n) is 10.6. The van der Waals surface area contributed by atoms with Crippen LogP contribution in [0.25, 0.3) is 21.9 Å². The molecule has 0 bridgehead atoms. The lowest BCUT2D eigenvalue weighted by molar-refractivity contribution is 0.00120. The number of benzene rings is 1. The van der Waals surface area contributed by atoms with Gasteiger partial charge >= 0.3 is 0 Å². The number of nitrogens with zero attached hydrogens (tertiary/aromatic N) is 4. The molecule has 30 heavy (non-hydrogen) atoms. The van der Waals surface area contributed by atoms with Gasteiger partial charge in [-0.3, -0.25) is 0 Å². The molecule has 0 radical (unpaired) electrons. The number of nitrogens with one attached hydrogen (secondary N) is 1. The minimum Gasteiger partial charge on any atom is -0.383 e. The highest BCUT2D eigenvalue weighted by atomic mass is 16.5. The average molecular weight is 400 g/mol. The van der Waals surface area contributed by atoms with Crippen molar-refractivity contribution in [2.45, 2.75) is 44.4 Å². The second-order valence-corrected chi connectivity index (χ2v) is 8.25. The molecule has 7 nitrogen and oxygen atoms in total. The molecule has 3 N–H and O–H groups in total. The summed E-state index contributed by atoms with van der Waals surface area (Å²) in [7, 11) is 0. The van der Waals surface area contributed by atoms with E-state index in [0.717, 1.165) is 61.0 Å². The van der Waals surface area contributed by atoms with Crippen LogP contribution in [-0.2, 0) is 17.6 Å². The zero-order chi connectivity index (χ0) is 20.1. The van der Waals surface area contributed by atoms with E-state index < -0.39 is 0 Å². The van der Waals surface area contributed by atoms with Crippen LogP contribution in [0.15, 0.2) is 42.9 Å². The molecule has 1 aromatic carbocycles. The zero-order valence-electron chi connectivity index (χ0n) is 16.7. The number of fused-ring (bicyclic) bond motifs is 3. The Morgan fingerprint density at radius 2 is 2.13 bits per heavy atom. The molecule has 2 aliphatic heterocycles. The molecule has 0 amide bonds. The second-order valence-electron chi connectivity index (χ2n) is 8.25. The predicted octanol–water partition coefficient (Wildman–Crippen LogP) is 3.84. The Kier molecular flexibility index (Phi) is 4.09. The highest BCUT2D eigenvalue weighted by Gasteiger charge is 2.27. The van der Waals surface area contributed by atoms with Crippen LogP contribution in [0.4, 0.5) is 11.6 Å². The summed E-state index contributed by atoms with van der Waals surface area (Å²) >= 11 is 0. The molecule has 0 aliphatic carbocycles. The van der Waals surface area contributed by atoms with Gasteiger partial charge in [0.2, 0.25) is 0 Å². The number of hydrogen-bond acceptors (Lipinski definition) is 6. The Morgan fingerprint density at radius 3 is 3.10 bits per heavy atom. The van der Waals surface area contributed by atoms with Crippen molar-refractivity contribution in [1.29, 1.82) is 0 Å². The summed E-state index contributed by atoms with van der Waals surface area (Å²) in [5.74, 6) is 1.56. The third kappa shape index (κ3) is 2.97. The van der Waals surface area contributed by atoms with Gasteiger partial charge in [0.25, 0.3) is 0 Å². The van der Waals surface area contributed by atoms with Crippen LogP contribution in [0, 0.1) is 0 Å². The molecule has 3 aromatic heterocycles. The lowest BCUT2D eigenvalue weighted by atomic mass is 10.0. The first kappa shape index (κ1) is 17.7. The number of anilines is 2. The lowest BCUT2D eigenvalue weighted by Gasteiger charge is -2.16. The van der Waals surface area contributed by atoms with E-state index in [4.69, 9.17) is 15.5 Å². The molecule has 6 rings (SSSR count). The fraction of sp³-hybridized carbons (Fsp3) is 0.348. The van der Waals surface area contributed by atoms with Gasteiger partial charge in [-0.15, -0.1) is 0 Å². The van der Waals surface area contributed by atoms with E-state index in [2.05, 4.69) is 44.1 Å². The van der Waals surface area contributed by atoms with Crippen molar-refractivity contribution in [1.82, 2.24) is 19.5 Å². The van der Waals surface area contributed by atoms with Gasteiger partial charge < -0.3 is 20.4 Å². The third-order valence-electron chi connectivity index (χ3n) is 6.34. The zero-order valence-corrected chi connectivity index (χ0v) is 16.7. The van der Waals surface area contributed by atoms with Crippen LogP contribution in [0.2, 0.25) is 0 Å². The standard InChI is InChI=1S/C23H24N6O/c24-21-18-8-10-29(23(18)27-13-26-21)20-6-5-17(30-20)4-2-14-1-3-15-12-16-7-9-25-22(16)28-19(15)11-14/h1,3,8,10-13,17,20H,2,4-7,9H2,(H,25,28)(H2,24,26,27). The van der Waals surface area contributed by atoms with Gasteiger partial charge in [0.15, 0.2) is 0 Å². The maximum absolute atomic E-state index is 6.36. The van der Waals surface area contributed by atoms with Gasteiger partial charge in [-0.05, 0) is 61.4 Å². The second kappa shape index (κ2) is 6.95. The van der Waals surface area contributed by atoms with Crippen LogP contribution < -0.4 is 11.1 Å². The van der Waals surface area contributed by atoms with E-state index in [1.54, 1.807) is 0 Å².